The topological polar surface area (TPSA) is 418 Å². The van der Waals surface area contributed by atoms with Crippen LogP contribution in [0.15, 0.2) is 122 Å². The molecule has 0 aliphatic carbocycles. The van der Waals surface area contributed by atoms with Gasteiger partial charge in [-0.05, 0) is 87.4 Å². The van der Waals surface area contributed by atoms with Gasteiger partial charge in [0.1, 0.15) is 115 Å². The first-order chi connectivity index (χ1) is 58.2. The van der Waals surface area contributed by atoms with Crippen molar-refractivity contribution in [2.45, 2.75) is 299 Å². The number of rotatable bonds is 59. The van der Waals surface area contributed by atoms with Crippen LogP contribution in [0.3, 0.4) is 0 Å². The van der Waals surface area contributed by atoms with E-state index < -0.39 is 99.6 Å². The Morgan fingerprint density at radius 3 is 1.36 bits per heavy atom. The molecule has 0 spiro atoms. The summed E-state index contributed by atoms with van der Waals surface area (Å²) in [5, 5.41) is 62.6. The predicted molar refractivity (Wildman–Crippen MR) is 452 cm³/mol. The molecule has 3 aliphatic rings. The third-order valence-electron chi connectivity index (χ3n) is 21.6. The number of para-hydroxylation sites is 2. The Hall–Kier alpha value is -7.78. The van der Waals surface area contributed by atoms with Crippen molar-refractivity contribution in [3.05, 3.63) is 143 Å². The minimum Gasteiger partial charge on any atom is -0.491 e. The molecule has 3 saturated heterocycles. The number of unbranched alkanes of at least 4 members (excludes halogenated alkanes) is 30. The van der Waals surface area contributed by atoms with Crippen LogP contribution in [-0.4, -0.2) is 157 Å². The van der Waals surface area contributed by atoms with Crippen molar-refractivity contribution in [3.63, 3.8) is 0 Å². The molecule has 2 unspecified atom stereocenters. The van der Waals surface area contributed by atoms with Gasteiger partial charge in [-0.15, -0.1) is 0 Å². The Morgan fingerprint density at radius 1 is 0.517 bits per heavy atom. The average Bonchev–Trinajstić information content (AvgIpc) is 1.56. The number of nitriles is 2. The van der Waals surface area contributed by atoms with Crippen molar-refractivity contribution in [1.29, 1.82) is 10.5 Å². The minimum absolute atomic E-state index is 0.0118. The van der Waals surface area contributed by atoms with Crippen LogP contribution in [0.5, 0.6) is 17.2 Å². The van der Waals surface area contributed by atoms with Gasteiger partial charge in [0.2, 0.25) is 11.2 Å². The van der Waals surface area contributed by atoms with Crippen LogP contribution >= 0.6 is 15.6 Å². The summed E-state index contributed by atoms with van der Waals surface area (Å²) < 4.78 is 108. The summed E-state index contributed by atoms with van der Waals surface area (Å²) in [6, 6.07) is 33.6. The molecule has 0 saturated carbocycles. The minimum atomic E-state index is -4.78. The maximum Gasteiger partial charge on any atom is 0.530 e. The highest BCUT2D eigenvalue weighted by atomic mass is 31.2. The van der Waals surface area contributed by atoms with Crippen LogP contribution in [0.25, 0.3) is 11.0 Å². The predicted octanol–water partition coefficient (Wildman–Crippen LogP) is 17.8. The zero-order chi connectivity index (χ0) is 85.5. The Labute approximate surface area is 706 Å². The van der Waals surface area contributed by atoms with Crippen molar-refractivity contribution < 1.29 is 89.7 Å². The van der Waals surface area contributed by atoms with Crippen molar-refractivity contribution in [2.75, 3.05) is 64.3 Å². The molecule has 120 heavy (non-hydrogen) atoms. The van der Waals surface area contributed by atoms with E-state index in [9.17, 15) is 44.9 Å². The number of anilines is 2. The van der Waals surface area contributed by atoms with Crippen LogP contribution < -0.4 is 25.5 Å². The number of aliphatic hydroxyl groups is 2. The number of aliphatic hydroxyl groups excluding tert-OH is 2. The lowest BCUT2D eigenvalue weighted by Crippen LogP contribution is -2.41. The number of hydrogen-bond donors (Lipinski definition) is 5. The molecule has 7 N–H and O–H groups in total. The molecule has 0 bridgehead atoms. The number of phosphoric acid groups is 2. The Kier molecular flexibility index (Phi) is 40.1. The van der Waals surface area contributed by atoms with E-state index in [0.717, 1.165) is 38.5 Å². The number of nitro benzene ring substituents is 1. The zero-order valence-electron chi connectivity index (χ0n) is 70.3. The van der Waals surface area contributed by atoms with Crippen LogP contribution in [-0.2, 0) is 66.8 Å². The number of fused-ring (bicyclic) bond motifs is 3. The molecule has 660 valence electrons. The van der Waals surface area contributed by atoms with Gasteiger partial charge in [0.05, 0.1) is 42.7 Å². The summed E-state index contributed by atoms with van der Waals surface area (Å²) in [7, 11) is -9.44. The number of nitrogen functional groups attached to an aromatic ring is 2. The molecular weight excluding hydrogens is 1580 g/mol. The normalized spacial score (nSPS) is 21.4. The monoisotopic (exact) mass is 1710 g/mol. The van der Waals surface area contributed by atoms with Gasteiger partial charge in [-0.1, -0.05) is 243 Å². The molecule has 3 aromatic carbocycles. The standard InChI is InChI=1S/C48H67N6O11P.C39H60N5O9P/c1-4-5-6-7-8-9-10-11-12-13-14-15-16-17-18-22-31-58-32-40(33-59-38-23-20-19-21-24-38)65-66(57,64-39-27-25-37(26-28-39)54(55)56)60-34-42-44-45(63-47(2,3)62-44)48(35-49,61-42)43-30-29-41-46(50)51-36-52-53(41)43;1-2-3-4-5-6-7-8-9-10-11-12-13-14-15-16-20-25-49-26-32(27-50-31-21-18-17-19-22-31)53-54(47,48)51-28-34-36(45)37(46)39(29-40,52-34)35-24-23-33-38(41)42-30-43-44(33)35/h19-21,23-30,36,40,42,44-45H,4-18,22,31-34H2,1-3H3,(H2,50,51,52);17-19,21-24,30,32,34,36-37,45-46H,2-16,20,25-28H2,1H3,(H,47,48)(H2,41,42,43)/t40-,42-,44-,45-,48+,66?;32-,34-,36-,37-,39+/m11/s1. The van der Waals surface area contributed by atoms with E-state index in [0.29, 0.717) is 41.4 Å². The number of nitrogens with two attached hydrogens (primary N) is 2. The van der Waals surface area contributed by atoms with Crippen molar-refractivity contribution in [2.24, 2.45) is 0 Å². The summed E-state index contributed by atoms with van der Waals surface area (Å²) in [4.78, 5) is 29.5. The number of nitro groups is 1. The number of nitrogens with zero attached hydrogens (tertiary/aromatic N) is 9. The van der Waals surface area contributed by atoms with Crippen molar-refractivity contribution in [1.82, 2.24) is 29.2 Å². The summed E-state index contributed by atoms with van der Waals surface area (Å²) in [6.45, 7) is 7.50. The molecule has 12 atom stereocenters. The van der Waals surface area contributed by atoms with E-state index in [1.807, 2.05) is 30.3 Å². The molecule has 4 aromatic heterocycles. The van der Waals surface area contributed by atoms with Gasteiger partial charge in [0, 0.05) is 25.3 Å². The molecule has 33 heteroatoms. The smallest absolute Gasteiger partial charge is 0.491 e. The molecule has 0 radical (unpaired) electrons. The fourth-order valence-corrected chi connectivity index (χ4v) is 17.4. The van der Waals surface area contributed by atoms with Gasteiger partial charge in [0.15, 0.2) is 17.4 Å². The van der Waals surface area contributed by atoms with E-state index in [1.165, 1.54) is 219 Å². The van der Waals surface area contributed by atoms with Gasteiger partial charge in [0.25, 0.3) is 5.69 Å². The Bertz CT molecular complexity index is 4310. The maximum atomic E-state index is 14.9. The van der Waals surface area contributed by atoms with E-state index in [1.54, 1.807) is 68.4 Å². The molecule has 7 heterocycles. The summed E-state index contributed by atoms with van der Waals surface area (Å²) in [5.41, 5.74) is 9.19. The second kappa shape index (κ2) is 50.1. The second-order valence-electron chi connectivity index (χ2n) is 31.6. The number of hydrogen-bond acceptors (Lipinski definition) is 27. The molecule has 7 aromatic rings. The number of aromatic nitrogens is 6. The van der Waals surface area contributed by atoms with Gasteiger partial charge >= 0.3 is 15.6 Å². The molecule has 10 rings (SSSR count). The summed E-state index contributed by atoms with van der Waals surface area (Å²) >= 11 is 0. The molecular formula is C87H127N11O20P2. The van der Waals surface area contributed by atoms with E-state index in [-0.39, 0.29) is 55.2 Å². The number of non-ortho nitro benzene ring substituents is 1. The third-order valence-corrected chi connectivity index (χ3v) is 24.1. The van der Waals surface area contributed by atoms with Gasteiger partial charge in [-0.25, -0.2) is 28.1 Å². The molecule has 31 nitrogen and oxygen atoms in total. The SMILES string of the molecule is CCCCCCCCCCCCCCCCCCOC[C@H](COc1ccccc1)OP(=O)(O)OC[C@H]1O[C@@](C#N)(c2ccc3c(N)ncnn23)[C@H](O)[C@@H]1O.CCCCCCCCCCCCCCCCCCOC[C@H](COc1ccccc1)OP(=O)(OC[C@H]1O[C@@](C#N)(c2ccc3c(N)ncnn23)[C@@H]2OC(C)(C)O[C@@H]21)Oc1ccc([N+](=O)[O-])cc1. The first-order valence-electron chi connectivity index (χ1n) is 43.3. The Balaban J connectivity index is 0.000000279. The van der Waals surface area contributed by atoms with Gasteiger partial charge in [-0.2, -0.15) is 20.7 Å². The van der Waals surface area contributed by atoms with E-state index in [2.05, 4.69) is 40.1 Å². The first-order valence-corrected chi connectivity index (χ1v) is 46.2. The lowest BCUT2D eigenvalue weighted by Gasteiger charge is -2.29. The summed E-state index contributed by atoms with van der Waals surface area (Å²) in [5.74, 6) is 0.279. The van der Waals surface area contributed by atoms with E-state index in [4.69, 9.17) is 72.0 Å². The average molecular weight is 1710 g/mol. The highest BCUT2D eigenvalue weighted by Gasteiger charge is 2.66. The molecule has 0 amide bonds. The van der Waals surface area contributed by atoms with Crippen molar-refractivity contribution in [3.8, 4) is 29.4 Å². The maximum absolute atomic E-state index is 14.9. The highest BCUT2D eigenvalue weighted by molar-refractivity contribution is 7.49. The van der Waals surface area contributed by atoms with Crippen LogP contribution in [0.1, 0.15) is 245 Å². The third kappa shape index (κ3) is 29.5. The highest BCUT2D eigenvalue weighted by Crippen LogP contribution is 2.55. The Morgan fingerprint density at radius 2 is 0.925 bits per heavy atom. The van der Waals surface area contributed by atoms with Crippen LogP contribution in [0, 0.1) is 32.8 Å². The number of ether oxygens (including phenoxy) is 8. The van der Waals surface area contributed by atoms with Crippen molar-refractivity contribution >= 4 is 44.0 Å². The lowest BCUT2D eigenvalue weighted by molar-refractivity contribution is -0.384. The summed E-state index contributed by atoms with van der Waals surface area (Å²) in [6.07, 6.45) is 33.4. The second-order valence-corrected chi connectivity index (χ2v) is 34.5. The van der Waals surface area contributed by atoms with Gasteiger partial charge < -0.3 is 69.0 Å². The first kappa shape index (κ1) is 96.0. The lowest BCUT2D eigenvalue weighted by atomic mass is 9.92. The van der Waals surface area contributed by atoms with E-state index >= 15 is 0 Å². The van der Waals surface area contributed by atoms with Crippen LogP contribution in [0.4, 0.5) is 17.3 Å². The quantitative estimate of drug-likeness (QED) is 0.0102. The van der Waals surface area contributed by atoms with Crippen LogP contribution in [0.2, 0.25) is 0 Å². The fourth-order valence-electron chi connectivity index (χ4n) is 15.1. The molecule has 3 aliphatic heterocycles. The number of phosphoric ester groups is 2. The zero-order valence-corrected chi connectivity index (χ0v) is 72.1. The molecule has 3 fully saturated rings. The number of benzene rings is 3. The van der Waals surface area contributed by atoms with Gasteiger partial charge in [-0.3, -0.25) is 28.2 Å². The largest absolute Gasteiger partial charge is 0.530 e. The fraction of sp³-hybridized carbons (Fsp3) is 0.632.